The summed E-state index contributed by atoms with van der Waals surface area (Å²) < 4.78 is 17.0. The zero-order valence-corrected chi connectivity index (χ0v) is 10.7. The van der Waals surface area contributed by atoms with Crippen molar-refractivity contribution in [1.29, 1.82) is 0 Å². The maximum atomic E-state index is 5.40. The van der Waals surface area contributed by atoms with E-state index >= 15 is 0 Å². The minimum atomic E-state index is -2.48. The predicted molar refractivity (Wildman–Crippen MR) is 54.3 cm³/mol. The Labute approximate surface area is 82.4 Å². The first-order valence-electron chi connectivity index (χ1n) is 4.30. The minimum Gasteiger partial charge on any atom is -0.373 e. The molecular weight excluding hydrogens is 186 g/mol. The molecule has 13 heavy (non-hydrogen) atoms. The summed E-state index contributed by atoms with van der Waals surface area (Å²) in [5.74, 6) is 0. The third-order valence-corrected chi connectivity index (χ3v) is 6.03. The van der Waals surface area contributed by atoms with Gasteiger partial charge in [0.05, 0.1) is 21.1 Å². The summed E-state index contributed by atoms with van der Waals surface area (Å²) >= 11 is 0. The third kappa shape index (κ3) is 2.75. The molecule has 0 aliphatic rings. The molecule has 0 radical (unpaired) electrons. The molecule has 1 unspecified atom stereocenters. The first-order chi connectivity index (χ1) is 5.84. The monoisotopic (exact) mass is 208 g/mol. The fraction of sp³-hybridized carbons (Fsp3) is 1.00. The van der Waals surface area contributed by atoms with Crippen molar-refractivity contribution in [3.63, 3.8) is 0 Å². The summed E-state index contributed by atoms with van der Waals surface area (Å²) in [4.78, 5) is 0. The standard InChI is InChI=1S/C8H22NO3Si/c1-8(9(2,3)4)13(10-5,11-6)12-7/h8H,1-7H3/q+1. The van der Waals surface area contributed by atoms with E-state index in [1.807, 2.05) is 0 Å². The van der Waals surface area contributed by atoms with Gasteiger partial charge >= 0.3 is 8.80 Å². The van der Waals surface area contributed by atoms with Gasteiger partial charge < -0.3 is 17.8 Å². The lowest BCUT2D eigenvalue weighted by atomic mass is 10.6. The van der Waals surface area contributed by atoms with Gasteiger partial charge in [-0.2, -0.15) is 0 Å². The first-order valence-corrected chi connectivity index (χ1v) is 6.11. The van der Waals surface area contributed by atoms with Crippen molar-refractivity contribution in [2.45, 2.75) is 12.6 Å². The molecule has 0 bridgehead atoms. The average molecular weight is 208 g/mol. The Morgan fingerprint density at radius 2 is 1.23 bits per heavy atom. The van der Waals surface area contributed by atoms with Crippen LogP contribution in [0, 0.1) is 0 Å². The van der Waals surface area contributed by atoms with Crippen LogP contribution in [0.1, 0.15) is 6.92 Å². The Hall–Kier alpha value is 0.0569. The summed E-state index contributed by atoms with van der Waals surface area (Å²) in [5.41, 5.74) is 0.215. The zero-order valence-electron chi connectivity index (χ0n) is 9.75. The summed E-state index contributed by atoms with van der Waals surface area (Å²) in [6.45, 7) is 2.09. The highest BCUT2D eigenvalue weighted by Crippen LogP contribution is 2.18. The molecule has 0 heterocycles. The maximum absolute atomic E-state index is 5.40. The Bertz CT molecular complexity index is 146. The van der Waals surface area contributed by atoms with E-state index in [4.69, 9.17) is 13.3 Å². The maximum Gasteiger partial charge on any atom is 0.561 e. The topological polar surface area (TPSA) is 27.7 Å². The molecule has 0 spiro atoms. The molecule has 0 amide bonds. The van der Waals surface area contributed by atoms with E-state index in [1.54, 1.807) is 21.3 Å². The lowest BCUT2D eigenvalue weighted by Crippen LogP contribution is -2.64. The number of nitrogens with zero attached hydrogens (tertiary/aromatic N) is 1. The van der Waals surface area contributed by atoms with Gasteiger partial charge in [-0.3, -0.25) is 0 Å². The number of hydrogen-bond donors (Lipinski definition) is 0. The van der Waals surface area contributed by atoms with Gasteiger partial charge in [-0.15, -0.1) is 0 Å². The Balaban J connectivity index is 4.73. The molecule has 5 heteroatoms. The fourth-order valence-electron chi connectivity index (χ4n) is 1.24. The molecule has 4 nitrogen and oxygen atoms in total. The first kappa shape index (κ1) is 13.1. The van der Waals surface area contributed by atoms with Crippen molar-refractivity contribution < 1.29 is 17.8 Å². The van der Waals surface area contributed by atoms with Crippen LogP contribution in [0.5, 0.6) is 0 Å². The highest BCUT2D eigenvalue weighted by Gasteiger charge is 2.52. The summed E-state index contributed by atoms with van der Waals surface area (Å²) in [6.07, 6.45) is 0. The normalized spacial score (nSPS) is 15.9. The van der Waals surface area contributed by atoms with E-state index in [9.17, 15) is 0 Å². The van der Waals surface area contributed by atoms with Crippen LogP contribution < -0.4 is 0 Å². The van der Waals surface area contributed by atoms with Crippen LogP contribution in [0.25, 0.3) is 0 Å². The van der Waals surface area contributed by atoms with Gasteiger partial charge in [-0.1, -0.05) is 0 Å². The van der Waals surface area contributed by atoms with E-state index in [-0.39, 0.29) is 5.67 Å². The molecule has 0 rings (SSSR count). The lowest BCUT2D eigenvalue weighted by Gasteiger charge is -2.39. The van der Waals surface area contributed by atoms with E-state index in [0.29, 0.717) is 0 Å². The van der Waals surface area contributed by atoms with Crippen LogP contribution in [0.2, 0.25) is 0 Å². The highest BCUT2D eigenvalue weighted by molar-refractivity contribution is 6.61. The van der Waals surface area contributed by atoms with Crippen molar-refractivity contribution >= 4 is 8.80 Å². The molecule has 1 atom stereocenters. The molecule has 0 N–H and O–H groups in total. The molecule has 0 fully saturated rings. The highest BCUT2D eigenvalue weighted by atomic mass is 28.4. The van der Waals surface area contributed by atoms with E-state index < -0.39 is 8.80 Å². The van der Waals surface area contributed by atoms with Gasteiger partial charge in [-0.05, 0) is 6.92 Å². The van der Waals surface area contributed by atoms with Gasteiger partial charge in [0.2, 0.25) is 0 Å². The molecule has 0 aromatic rings. The van der Waals surface area contributed by atoms with Crippen molar-refractivity contribution in [3.05, 3.63) is 0 Å². The quantitative estimate of drug-likeness (QED) is 0.486. The molecular formula is C8H22NO3Si+. The predicted octanol–water partition coefficient (Wildman–Crippen LogP) is 0.498. The summed E-state index contributed by atoms with van der Waals surface area (Å²) in [5, 5.41) is 0. The van der Waals surface area contributed by atoms with Crippen molar-refractivity contribution in [2.24, 2.45) is 0 Å². The van der Waals surface area contributed by atoms with Gasteiger partial charge in [0, 0.05) is 21.3 Å². The fourth-order valence-corrected chi connectivity index (χ4v) is 3.71. The largest absolute Gasteiger partial charge is 0.561 e. The lowest BCUT2D eigenvalue weighted by molar-refractivity contribution is -0.884. The molecule has 0 aromatic heterocycles. The molecule has 0 aliphatic heterocycles. The number of hydrogen-bond acceptors (Lipinski definition) is 3. The second-order valence-corrected chi connectivity index (χ2v) is 7.28. The van der Waals surface area contributed by atoms with Crippen molar-refractivity contribution in [1.82, 2.24) is 0 Å². The Morgan fingerprint density at radius 3 is 1.31 bits per heavy atom. The van der Waals surface area contributed by atoms with Gasteiger partial charge in [0.15, 0.2) is 5.67 Å². The number of rotatable bonds is 5. The van der Waals surface area contributed by atoms with Crippen LogP contribution >= 0.6 is 0 Å². The van der Waals surface area contributed by atoms with Gasteiger partial charge in [0.25, 0.3) is 0 Å². The van der Waals surface area contributed by atoms with Crippen molar-refractivity contribution in [2.75, 3.05) is 42.5 Å². The van der Waals surface area contributed by atoms with Crippen molar-refractivity contribution in [3.8, 4) is 0 Å². The van der Waals surface area contributed by atoms with Crippen LogP contribution in [-0.2, 0) is 13.3 Å². The second-order valence-electron chi connectivity index (χ2n) is 4.01. The molecule has 80 valence electrons. The van der Waals surface area contributed by atoms with Crippen LogP contribution in [-0.4, -0.2) is 61.4 Å². The summed E-state index contributed by atoms with van der Waals surface area (Å²) in [6, 6.07) is 0. The van der Waals surface area contributed by atoms with E-state index in [0.717, 1.165) is 4.48 Å². The van der Waals surface area contributed by atoms with E-state index in [1.165, 1.54) is 0 Å². The minimum absolute atomic E-state index is 0.215. The van der Waals surface area contributed by atoms with E-state index in [2.05, 4.69) is 28.1 Å². The second kappa shape index (κ2) is 4.52. The molecule has 0 saturated heterocycles. The van der Waals surface area contributed by atoms with Crippen LogP contribution in [0.4, 0.5) is 0 Å². The molecule has 0 aromatic carbocycles. The summed E-state index contributed by atoms with van der Waals surface area (Å²) in [7, 11) is 8.75. The zero-order chi connectivity index (χ0) is 10.7. The van der Waals surface area contributed by atoms with Crippen LogP contribution in [0.3, 0.4) is 0 Å². The van der Waals surface area contributed by atoms with Gasteiger partial charge in [0.1, 0.15) is 0 Å². The third-order valence-electron chi connectivity index (χ3n) is 2.53. The molecule has 0 saturated carbocycles. The Kier molecular flexibility index (Phi) is 4.54. The molecule has 0 aliphatic carbocycles. The number of quaternary nitrogens is 1. The van der Waals surface area contributed by atoms with Crippen LogP contribution in [0.15, 0.2) is 0 Å². The Morgan fingerprint density at radius 1 is 0.923 bits per heavy atom. The smallest absolute Gasteiger partial charge is 0.373 e. The SMILES string of the molecule is CO[Si](OC)(OC)C(C)[N+](C)(C)C. The van der Waals surface area contributed by atoms with Gasteiger partial charge in [-0.25, -0.2) is 0 Å². The average Bonchev–Trinajstić information content (AvgIpc) is 2.07.